The van der Waals surface area contributed by atoms with Crippen LogP contribution in [0, 0.1) is 5.41 Å². The molecule has 1 aromatic carbocycles. The molecule has 1 rings (SSSR count). The van der Waals surface area contributed by atoms with Crippen LogP contribution in [0.5, 0.6) is 5.75 Å². The third-order valence-electron chi connectivity index (χ3n) is 1.93. The molecular formula is C12H14Cl2O3. The zero-order valence-electron chi connectivity index (χ0n) is 9.92. The molecule has 0 heterocycles. The summed E-state index contributed by atoms with van der Waals surface area (Å²) in [6.45, 7) is 5.11. The van der Waals surface area contributed by atoms with E-state index in [4.69, 9.17) is 32.7 Å². The molecular weight excluding hydrogens is 263 g/mol. The van der Waals surface area contributed by atoms with Gasteiger partial charge in [-0.3, -0.25) is 4.79 Å². The van der Waals surface area contributed by atoms with Crippen LogP contribution in [0.4, 0.5) is 0 Å². The number of esters is 1. The van der Waals surface area contributed by atoms with Gasteiger partial charge in [0.25, 0.3) is 0 Å². The highest BCUT2D eigenvalue weighted by Crippen LogP contribution is 2.31. The minimum atomic E-state index is -0.554. The van der Waals surface area contributed by atoms with E-state index in [2.05, 4.69) is 0 Å². The standard InChI is InChI=1S/C12H14Cl2O3/c1-12(2,3)11(15)17-7-16-9-6-4-5-8(13)10(9)14/h4-6H,7H2,1-3H3. The van der Waals surface area contributed by atoms with Gasteiger partial charge in [0.1, 0.15) is 10.8 Å². The molecule has 0 aliphatic carbocycles. The lowest BCUT2D eigenvalue weighted by molar-refractivity contribution is -0.159. The van der Waals surface area contributed by atoms with Crippen LogP contribution in [0.1, 0.15) is 20.8 Å². The van der Waals surface area contributed by atoms with Gasteiger partial charge < -0.3 is 9.47 Å². The van der Waals surface area contributed by atoms with Gasteiger partial charge in [-0.2, -0.15) is 0 Å². The SMILES string of the molecule is CC(C)(C)C(=O)OCOc1cccc(Cl)c1Cl. The van der Waals surface area contributed by atoms with Gasteiger partial charge in [0.2, 0.25) is 6.79 Å². The van der Waals surface area contributed by atoms with Gasteiger partial charge in [0, 0.05) is 0 Å². The predicted octanol–water partition coefficient (Wildman–Crippen LogP) is 3.92. The van der Waals surface area contributed by atoms with Gasteiger partial charge in [0.15, 0.2) is 0 Å². The maximum atomic E-state index is 11.4. The lowest BCUT2D eigenvalue weighted by Crippen LogP contribution is -2.24. The Labute approximate surface area is 111 Å². The molecule has 0 spiro atoms. The minimum Gasteiger partial charge on any atom is -0.456 e. The van der Waals surface area contributed by atoms with Crippen molar-refractivity contribution < 1.29 is 14.3 Å². The summed E-state index contributed by atoms with van der Waals surface area (Å²) in [6.07, 6.45) is 0. The zero-order valence-corrected chi connectivity index (χ0v) is 11.4. The third kappa shape index (κ3) is 4.10. The number of benzene rings is 1. The molecule has 5 heteroatoms. The van der Waals surface area contributed by atoms with Crippen molar-refractivity contribution >= 4 is 29.2 Å². The van der Waals surface area contributed by atoms with E-state index in [1.165, 1.54) is 0 Å². The predicted molar refractivity (Wildman–Crippen MR) is 67.5 cm³/mol. The zero-order chi connectivity index (χ0) is 13.1. The largest absolute Gasteiger partial charge is 0.456 e. The first-order chi connectivity index (χ1) is 7.82. The molecule has 94 valence electrons. The van der Waals surface area contributed by atoms with Crippen molar-refractivity contribution in [1.29, 1.82) is 0 Å². The van der Waals surface area contributed by atoms with Gasteiger partial charge in [0.05, 0.1) is 10.4 Å². The first-order valence-electron chi connectivity index (χ1n) is 5.06. The number of carbonyl (C=O) groups excluding carboxylic acids is 1. The average Bonchev–Trinajstić information content (AvgIpc) is 2.22. The van der Waals surface area contributed by atoms with Gasteiger partial charge in [-0.05, 0) is 32.9 Å². The molecule has 0 saturated carbocycles. The van der Waals surface area contributed by atoms with Crippen LogP contribution in [0.25, 0.3) is 0 Å². The molecule has 0 bridgehead atoms. The highest BCUT2D eigenvalue weighted by Gasteiger charge is 2.23. The topological polar surface area (TPSA) is 35.5 Å². The second-order valence-electron chi connectivity index (χ2n) is 4.50. The van der Waals surface area contributed by atoms with E-state index < -0.39 is 5.41 Å². The number of rotatable bonds is 3. The number of hydrogen-bond acceptors (Lipinski definition) is 3. The van der Waals surface area contributed by atoms with Crippen molar-refractivity contribution in [1.82, 2.24) is 0 Å². The van der Waals surface area contributed by atoms with Crippen LogP contribution in [-0.4, -0.2) is 12.8 Å². The van der Waals surface area contributed by atoms with Crippen molar-refractivity contribution in [3.05, 3.63) is 28.2 Å². The highest BCUT2D eigenvalue weighted by molar-refractivity contribution is 6.42. The van der Waals surface area contributed by atoms with E-state index in [1.54, 1.807) is 39.0 Å². The van der Waals surface area contributed by atoms with Crippen LogP contribution in [0.2, 0.25) is 10.0 Å². The van der Waals surface area contributed by atoms with Crippen molar-refractivity contribution in [2.75, 3.05) is 6.79 Å². The average molecular weight is 277 g/mol. The lowest BCUT2D eigenvalue weighted by atomic mass is 9.98. The summed E-state index contributed by atoms with van der Waals surface area (Å²) in [5.41, 5.74) is -0.554. The van der Waals surface area contributed by atoms with E-state index in [0.29, 0.717) is 15.8 Å². The van der Waals surface area contributed by atoms with Crippen LogP contribution >= 0.6 is 23.2 Å². The second kappa shape index (κ2) is 5.61. The number of halogens is 2. The summed E-state index contributed by atoms with van der Waals surface area (Å²) in [5.74, 6) is 0.0523. The number of ether oxygens (including phenoxy) is 2. The summed E-state index contributed by atoms with van der Waals surface area (Å²) >= 11 is 11.7. The normalized spacial score (nSPS) is 11.1. The van der Waals surface area contributed by atoms with Crippen molar-refractivity contribution in [3.8, 4) is 5.75 Å². The Bertz CT molecular complexity index is 411. The molecule has 0 aliphatic heterocycles. The summed E-state index contributed by atoms with van der Waals surface area (Å²) in [5, 5.41) is 0.701. The molecule has 0 aromatic heterocycles. The summed E-state index contributed by atoms with van der Waals surface area (Å²) in [7, 11) is 0. The second-order valence-corrected chi connectivity index (χ2v) is 5.28. The summed E-state index contributed by atoms with van der Waals surface area (Å²) in [4.78, 5) is 11.4. The Morgan fingerprint density at radius 3 is 2.53 bits per heavy atom. The third-order valence-corrected chi connectivity index (χ3v) is 2.73. The van der Waals surface area contributed by atoms with Crippen molar-refractivity contribution in [3.63, 3.8) is 0 Å². The molecule has 0 N–H and O–H groups in total. The maximum Gasteiger partial charge on any atom is 0.314 e. The van der Waals surface area contributed by atoms with Gasteiger partial charge in [-0.1, -0.05) is 29.3 Å². The smallest absolute Gasteiger partial charge is 0.314 e. The van der Waals surface area contributed by atoms with Crippen molar-refractivity contribution in [2.45, 2.75) is 20.8 Å². The number of carbonyl (C=O) groups is 1. The van der Waals surface area contributed by atoms with Gasteiger partial charge in [-0.25, -0.2) is 0 Å². The van der Waals surface area contributed by atoms with E-state index in [0.717, 1.165) is 0 Å². The maximum absolute atomic E-state index is 11.4. The molecule has 0 amide bonds. The first-order valence-corrected chi connectivity index (χ1v) is 5.82. The molecule has 0 fully saturated rings. The van der Waals surface area contributed by atoms with Crippen LogP contribution in [0.15, 0.2) is 18.2 Å². The molecule has 0 aliphatic rings. The fourth-order valence-electron chi connectivity index (χ4n) is 0.958. The van der Waals surface area contributed by atoms with Crippen LogP contribution in [-0.2, 0) is 9.53 Å². The Balaban J connectivity index is 2.52. The molecule has 0 radical (unpaired) electrons. The van der Waals surface area contributed by atoms with Crippen molar-refractivity contribution in [2.24, 2.45) is 5.41 Å². The van der Waals surface area contributed by atoms with Crippen LogP contribution in [0.3, 0.4) is 0 Å². The lowest BCUT2D eigenvalue weighted by Gasteiger charge is -2.17. The van der Waals surface area contributed by atoms with E-state index >= 15 is 0 Å². The van der Waals surface area contributed by atoms with E-state index in [-0.39, 0.29) is 12.8 Å². The van der Waals surface area contributed by atoms with Gasteiger partial charge >= 0.3 is 5.97 Å². The first kappa shape index (κ1) is 14.1. The molecule has 3 nitrogen and oxygen atoms in total. The molecule has 0 saturated heterocycles. The van der Waals surface area contributed by atoms with Gasteiger partial charge in [-0.15, -0.1) is 0 Å². The minimum absolute atomic E-state index is 0.184. The fraction of sp³-hybridized carbons (Fsp3) is 0.417. The molecule has 17 heavy (non-hydrogen) atoms. The fourth-order valence-corrected chi connectivity index (χ4v) is 1.30. The molecule has 0 atom stereocenters. The van der Waals surface area contributed by atoms with E-state index in [1.807, 2.05) is 0 Å². The Morgan fingerprint density at radius 1 is 1.29 bits per heavy atom. The Morgan fingerprint density at radius 2 is 1.94 bits per heavy atom. The number of hydrogen-bond donors (Lipinski definition) is 0. The summed E-state index contributed by atoms with van der Waals surface area (Å²) in [6, 6.07) is 5.01. The highest BCUT2D eigenvalue weighted by atomic mass is 35.5. The molecule has 0 unspecified atom stereocenters. The Kier molecular flexibility index (Phi) is 4.66. The van der Waals surface area contributed by atoms with Crippen LogP contribution < -0.4 is 4.74 Å². The molecule has 1 aromatic rings. The summed E-state index contributed by atoms with van der Waals surface area (Å²) < 4.78 is 10.2. The Hall–Kier alpha value is -0.930. The monoisotopic (exact) mass is 276 g/mol. The quantitative estimate of drug-likeness (QED) is 0.620. The van der Waals surface area contributed by atoms with E-state index in [9.17, 15) is 4.79 Å².